The molecule has 3 unspecified atom stereocenters. The Morgan fingerprint density at radius 2 is 0.869 bits per heavy atom. The first-order valence-electron chi connectivity index (χ1n) is 26.7. The maximum absolute atomic E-state index is 13.2. The zero-order valence-corrected chi connectivity index (χ0v) is 40.8. The van der Waals surface area contributed by atoms with Crippen molar-refractivity contribution in [2.45, 2.75) is 296 Å². The summed E-state index contributed by atoms with van der Waals surface area (Å²) < 4.78 is 5.90. The Morgan fingerprint density at radius 1 is 0.475 bits per heavy atom. The smallest absolute Gasteiger partial charge is 0.306 e. The first-order chi connectivity index (χ1) is 30.0. The molecule has 0 aliphatic rings. The van der Waals surface area contributed by atoms with Crippen LogP contribution < -0.4 is 5.32 Å². The SMILES string of the molecule is CCC/C=C\CCCCCC(CC(=O)NC(CO)C(O)CCCCCCCCCCCCCCCCCC)OC(=O)CCCCCCC/C=C/C=C/CCCCCCCCC. The van der Waals surface area contributed by atoms with E-state index in [9.17, 15) is 19.8 Å². The Kier molecular flexibility index (Phi) is 47.6. The van der Waals surface area contributed by atoms with Crippen LogP contribution in [0, 0.1) is 0 Å². The molecule has 0 aliphatic carbocycles. The molecular weight excluding hydrogens is 755 g/mol. The molecule has 0 aromatic rings. The third-order valence-electron chi connectivity index (χ3n) is 12.2. The molecule has 0 saturated heterocycles. The second-order valence-corrected chi connectivity index (χ2v) is 18.3. The highest BCUT2D eigenvalue weighted by atomic mass is 16.5. The van der Waals surface area contributed by atoms with Crippen LogP contribution in [-0.4, -0.2) is 46.9 Å². The van der Waals surface area contributed by atoms with Gasteiger partial charge in [0.05, 0.1) is 25.2 Å². The number of ether oxygens (including phenoxy) is 1. The van der Waals surface area contributed by atoms with Crippen molar-refractivity contribution in [3.63, 3.8) is 0 Å². The zero-order valence-electron chi connectivity index (χ0n) is 40.8. The molecule has 0 bridgehead atoms. The predicted octanol–water partition coefficient (Wildman–Crippen LogP) is 16.1. The molecular formula is C55H103NO5. The van der Waals surface area contributed by atoms with Gasteiger partial charge in [-0.15, -0.1) is 0 Å². The van der Waals surface area contributed by atoms with Gasteiger partial charge in [-0.05, 0) is 70.6 Å². The number of carbonyl (C=O) groups excluding carboxylic acids is 2. The second-order valence-electron chi connectivity index (χ2n) is 18.3. The van der Waals surface area contributed by atoms with Gasteiger partial charge in [-0.25, -0.2) is 0 Å². The van der Waals surface area contributed by atoms with Crippen LogP contribution >= 0.6 is 0 Å². The molecule has 6 heteroatoms. The molecule has 358 valence electrons. The molecule has 6 nitrogen and oxygen atoms in total. The van der Waals surface area contributed by atoms with Gasteiger partial charge < -0.3 is 20.3 Å². The average Bonchev–Trinajstić information content (AvgIpc) is 3.25. The van der Waals surface area contributed by atoms with E-state index in [1.54, 1.807) is 0 Å². The summed E-state index contributed by atoms with van der Waals surface area (Å²) in [6, 6.07) is -0.707. The third kappa shape index (κ3) is 44.5. The van der Waals surface area contributed by atoms with Crippen molar-refractivity contribution < 1.29 is 24.5 Å². The van der Waals surface area contributed by atoms with E-state index >= 15 is 0 Å². The van der Waals surface area contributed by atoms with Gasteiger partial charge in [-0.3, -0.25) is 9.59 Å². The maximum Gasteiger partial charge on any atom is 0.306 e. The van der Waals surface area contributed by atoms with Crippen LogP contribution in [0.25, 0.3) is 0 Å². The molecule has 0 aromatic heterocycles. The Balaban J connectivity index is 4.39. The van der Waals surface area contributed by atoms with Crippen molar-refractivity contribution in [3.8, 4) is 0 Å². The molecule has 0 heterocycles. The summed E-state index contributed by atoms with van der Waals surface area (Å²) in [5.41, 5.74) is 0. The molecule has 3 atom stereocenters. The topological polar surface area (TPSA) is 95.9 Å². The summed E-state index contributed by atoms with van der Waals surface area (Å²) in [6.45, 7) is 6.42. The van der Waals surface area contributed by atoms with Crippen molar-refractivity contribution in [2.75, 3.05) is 6.61 Å². The molecule has 61 heavy (non-hydrogen) atoms. The molecule has 0 radical (unpaired) electrons. The summed E-state index contributed by atoms with van der Waals surface area (Å²) in [4.78, 5) is 26.1. The molecule has 3 N–H and O–H groups in total. The molecule has 0 fully saturated rings. The Hall–Kier alpha value is -1.92. The normalized spacial score (nSPS) is 13.5. The minimum absolute atomic E-state index is 0.0617. The van der Waals surface area contributed by atoms with Gasteiger partial charge in [0.15, 0.2) is 0 Å². The second kappa shape index (κ2) is 49.1. The van der Waals surface area contributed by atoms with Gasteiger partial charge in [0, 0.05) is 6.42 Å². The number of amides is 1. The minimum Gasteiger partial charge on any atom is -0.462 e. The van der Waals surface area contributed by atoms with E-state index in [0.717, 1.165) is 89.9 Å². The van der Waals surface area contributed by atoms with Gasteiger partial charge in [-0.2, -0.15) is 0 Å². The summed E-state index contributed by atoms with van der Waals surface area (Å²) in [5, 5.41) is 23.7. The highest BCUT2D eigenvalue weighted by Crippen LogP contribution is 2.18. The Morgan fingerprint density at radius 3 is 1.34 bits per heavy atom. The lowest BCUT2D eigenvalue weighted by Crippen LogP contribution is -2.46. The lowest BCUT2D eigenvalue weighted by Gasteiger charge is -2.24. The number of hydrogen-bond acceptors (Lipinski definition) is 5. The summed E-state index contributed by atoms with van der Waals surface area (Å²) in [5.74, 6) is -0.503. The van der Waals surface area contributed by atoms with Crippen molar-refractivity contribution in [3.05, 3.63) is 36.5 Å². The third-order valence-corrected chi connectivity index (χ3v) is 12.2. The molecule has 1 amide bonds. The van der Waals surface area contributed by atoms with Crippen LogP contribution in [-0.2, 0) is 14.3 Å². The minimum atomic E-state index is -0.792. The lowest BCUT2D eigenvalue weighted by molar-refractivity contribution is -0.151. The predicted molar refractivity (Wildman–Crippen MR) is 264 cm³/mol. The van der Waals surface area contributed by atoms with E-state index < -0.39 is 18.2 Å². The van der Waals surface area contributed by atoms with Crippen molar-refractivity contribution in [1.82, 2.24) is 5.32 Å². The number of allylic oxidation sites excluding steroid dienone is 6. The number of rotatable bonds is 48. The number of aliphatic hydroxyl groups is 2. The Bertz CT molecular complexity index is 1010. The highest BCUT2D eigenvalue weighted by Gasteiger charge is 2.24. The van der Waals surface area contributed by atoms with E-state index in [1.165, 1.54) is 141 Å². The number of nitrogens with one attached hydrogen (secondary N) is 1. The van der Waals surface area contributed by atoms with Gasteiger partial charge >= 0.3 is 5.97 Å². The molecule has 0 saturated carbocycles. The van der Waals surface area contributed by atoms with Crippen LogP contribution in [0.3, 0.4) is 0 Å². The largest absolute Gasteiger partial charge is 0.462 e. The van der Waals surface area contributed by atoms with Crippen LogP contribution in [0.2, 0.25) is 0 Å². The lowest BCUT2D eigenvalue weighted by atomic mass is 10.0. The zero-order chi connectivity index (χ0) is 44.5. The van der Waals surface area contributed by atoms with Gasteiger partial charge in [-0.1, -0.05) is 231 Å². The molecule has 0 spiro atoms. The highest BCUT2D eigenvalue weighted by molar-refractivity contribution is 5.77. The van der Waals surface area contributed by atoms with E-state index in [0.29, 0.717) is 19.3 Å². The van der Waals surface area contributed by atoms with Gasteiger partial charge in [0.2, 0.25) is 5.91 Å². The quantitative estimate of drug-likeness (QED) is 0.0245. The fraction of sp³-hybridized carbons (Fsp3) is 0.855. The standard InChI is InChI=1S/C55H103NO5/c1-4-7-10-13-16-19-21-23-25-27-28-30-32-34-36-39-42-45-48-55(60)61-51(46-43-40-37-18-15-12-9-6-3)49-54(59)56-52(50-57)53(58)47-44-41-38-35-33-31-29-26-24-22-20-17-14-11-8-5-2/h12,15,25,27-28,30,51-53,57-58H,4-11,13-14,16-24,26,29,31-50H2,1-3H3,(H,56,59)/b15-12-,27-25+,30-28+. The van der Waals surface area contributed by atoms with Crippen molar-refractivity contribution >= 4 is 11.9 Å². The Labute approximate surface area is 379 Å². The van der Waals surface area contributed by atoms with Gasteiger partial charge in [0.25, 0.3) is 0 Å². The van der Waals surface area contributed by atoms with Crippen molar-refractivity contribution in [1.29, 1.82) is 0 Å². The van der Waals surface area contributed by atoms with E-state index in [1.807, 2.05) is 0 Å². The van der Waals surface area contributed by atoms with Gasteiger partial charge in [0.1, 0.15) is 6.10 Å². The van der Waals surface area contributed by atoms with Crippen molar-refractivity contribution in [2.24, 2.45) is 0 Å². The molecule has 0 aliphatic heterocycles. The first-order valence-corrected chi connectivity index (χ1v) is 26.7. The first kappa shape index (κ1) is 59.1. The fourth-order valence-corrected chi connectivity index (χ4v) is 8.13. The summed E-state index contributed by atoms with van der Waals surface area (Å²) in [7, 11) is 0. The number of unbranched alkanes of at least 4 members (excludes halogenated alkanes) is 31. The monoisotopic (exact) mass is 858 g/mol. The van der Waals surface area contributed by atoms with Crippen LogP contribution in [0.4, 0.5) is 0 Å². The fourth-order valence-electron chi connectivity index (χ4n) is 8.13. The number of aliphatic hydroxyl groups excluding tert-OH is 2. The van der Waals surface area contributed by atoms with Crippen LogP contribution in [0.5, 0.6) is 0 Å². The number of carbonyl (C=O) groups is 2. The average molecular weight is 858 g/mol. The summed E-state index contributed by atoms with van der Waals surface area (Å²) >= 11 is 0. The van der Waals surface area contributed by atoms with Crippen LogP contribution in [0.15, 0.2) is 36.5 Å². The molecule has 0 rings (SSSR count). The number of esters is 1. The number of hydrogen-bond donors (Lipinski definition) is 3. The van der Waals surface area contributed by atoms with E-state index in [2.05, 4.69) is 62.5 Å². The van der Waals surface area contributed by atoms with E-state index in [4.69, 9.17) is 4.74 Å². The summed E-state index contributed by atoms with van der Waals surface area (Å²) in [6.07, 6.45) is 57.9. The molecule has 0 aromatic carbocycles. The van der Waals surface area contributed by atoms with E-state index in [-0.39, 0.29) is 24.9 Å². The maximum atomic E-state index is 13.2. The van der Waals surface area contributed by atoms with Crippen LogP contribution in [0.1, 0.15) is 278 Å².